The van der Waals surface area contributed by atoms with Crippen LogP contribution in [0, 0.1) is 0 Å². The van der Waals surface area contributed by atoms with Crippen molar-refractivity contribution in [2.45, 2.75) is 58.7 Å². The highest BCUT2D eigenvalue weighted by atomic mass is 35.5. The number of halogens is 1. The maximum Gasteiger partial charge on any atom is 0.119 e. The van der Waals surface area contributed by atoms with Gasteiger partial charge < -0.3 is 9.84 Å². The van der Waals surface area contributed by atoms with Gasteiger partial charge in [0.1, 0.15) is 18.0 Å². The number of hydrogen-bond acceptors (Lipinski definition) is 3. The van der Waals surface area contributed by atoms with Gasteiger partial charge in [-0.25, -0.2) is 0 Å². The highest BCUT2D eigenvalue weighted by Crippen LogP contribution is 2.34. The predicted octanol–water partition coefficient (Wildman–Crippen LogP) is 5.48. The number of rotatable bonds is 9. The molecule has 2 aromatic carbocycles. The van der Waals surface area contributed by atoms with E-state index in [1.807, 2.05) is 55.5 Å². The Morgan fingerprint density at radius 2 is 1.41 bits per heavy atom. The van der Waals surface area contributed by atoms with Crippen molar-refractivity contribution in [3.8, 4) is 5.75 Å². The van der Waals surface area contributed by atoms with Gasteiger partial charge in [-0.15, -0.1) is 0 Å². The van der Waals surface area contributed by atoms with E-state index in [2.05, 4.69) is 32.6 Å². The monoisotopic (exact) mass is 389 g/mol. The fraction of sp³-hybridized carbons (Fsp3) is 0.478. The molecule has 1 unspecified atom stereocenters. The van der Waals surface area contributed by atoms with E-state index in [1.54, 1.807) is 0 Å². The van der Waals surface area contributed by atoms with Crippen LogP contribution < -0.4 is 4.74 Å². The summed E-state index contributed by atoms with van der Waals surface area (Å²) in [4.78, 5) is 2.41. The standard InChI is InChI=1S/C23H32ClNO2/c1-6-23(26,19-7-11-21(24)12-8-19)20-9-13-22(14-10-20)27-16-15-25(17(2)3)18(4)5/h7-14,17-18,26H,6,15-16H2,1-5H3. The van der Waals surface area contributed by atoms with Crippen molar-refractivity contribution < 1.29 is 9.84 Å². The maximum atomic E-state index is 11.2. The van der Waals surface area contributed by atoms with Crippen molar-refractivity contribution in [2.75, 3.05) is 13.2 Å². The Hall–Kier alpha value is -1.55. The van der Waals surface area contributed by atoms with E-state index in [0.29, 0.717) is 30.1 Å². The molecule has 1 N–H and O–H groups in total. The molecule has 0 aliphatic carbocycles. The molecule has 4 heteroatoms. The van der Waals surface area contributed by atoms with Gasteiger partial charge in [0, 0.05) is 23.7 Å². The number of ether oxygens (including phenoxy) is 1. The van der Waals surface area contributed by atoms with Crippen LogP contribution >= 0.6 is 11.6 Å². The van der Waals surface area contributed by atoms with Gasteiger partial charge in [0.15, 0.2) is 0 Å². The molecule has 2 rings (SSSR count). The number of aliphatic hydroxyl groups is 1. The molecule has 0 saturated carbocycles. The molecule has 0 aromatic heterocycles. The molecule has 0 radical (unpaired) electrons. The fourth-order valence-corrected chi connectivity index (χ4v) is 3.63. The lowest BCUT2D eigenvalue weighted by Gasteiger charge is -2.30. The van der Waals surface area contributed by atoms with E-state index in [9.17, 15) is 5.11 Å². The Morgan fingerprint density at radius 1 is 0.926 bits per heavy atom. The first-order valence-electron chi connectivity index (χ1n) is 9.75. The number of hydrogen-bond donors (Lipinski definition) is 1. The van der Waals surface area contributed by atoms with Crippen LogP contribution in [0.5, 0.6) is 5.75 Å². The van der Waals surface area contributed by atoms with Crippen molar-refractivity contribution in [2.24, 2.45) is 0 Å². The molecule has 0 bridgehead atoms. The number of benzene rings is 2. The molecule has 0 heterocycles. The molecule has 0 aliphatic heterocycles. The minimum absolute atomic E-state index is 0.495. The van der Waals surface area contributed by atoms with E-state index in [1.165, 1.54) is 0 Å². The highest BCUT2D eigenvalue weighted by molar-refractivity contribution is 6.30. The summed E-state index contributed by atoms with van der Waals surface area (Å²) in [5, 5.41) is 11.9. The average molecular weight is 390 g/mol. The van der Waals surface area contributed by atoms with Crippen LogP contribution in [0.4, 0.5) is 0 Å². The first-order chi connectivity index (χ1) is 12.8. The zero-order valence-electron chi connectivity index (χ0n) is 17.1. The second kappa shape index (κ2) is 9.59. The van der Waals surface area contributed by atoms with Crippen molar-refractivity contribution in [1.82, 2.24) is 4.90 Å². The van der Waals surface area contributed by atoms with Gasteiger partial charge in [-0.05, 0) is 69.5 Å². The molecular weight excluding hydrogens is 358 g/mol. The van der Waals surface area contributed by atoms with Crippen LogP contribution in [0.2, 0.25) is 5.02 Å². The average Bonchev–Trinajstić information content (AvgIpc) is 2.65. The molecule has 1 atom stereocenters. The minimum Gasteiger partial charge on any atom is -0.492 e. The van der Waals surface area contributed by atoms with Gasteiger partial charge in [-0.3, -0.25) is 4.90 Å². The Kier molecular flexibility index (Phi) is 7.72. The van der Waals surface area contributed by atoms with Gasteiger partial charge >= 0.3 is 0 Å². The smallest absolute Gasteiger partial charge is 0.119 e. The van der Waals surface area contributed by atoms with Gasteiger partial charge in [-0.2, -0.15) is 0 Å². The van der Waals surface area contributed by atoms with E-state index < -0.39 is 5.60 Å². The summed E-state index contributed by atoms with van der Waals surface area (Å²) in [5.74, 6) is 0.820. The Labute approximate surface area is 168 Å². The van der Waals surface area contributed by atoms with E-state index in [-0.39, 0.29) is 0 Å². The molecule has 0 saturated heterocycles. The molecule has 27 heavy (non-hydrogen) atoms. The second-order valence-corrected chi connectivity index (χ2v) is 7.96. The highest BCUT2D eigenvalue weighted by Gasteiger charge is 2.29. The summed E-state index contributed by atoms with van der Waals surface area (Å²) >= 11 is 5.98. The molecule has 0 fully saturated rings. The van der Waals surface area contributed by atoms with Gasteiger partial charge in [-0.1, -0.05) is 42.8 Å². The normalized spacial score (nSPS) is 14.0. The topological polar surface area (TPSA) is 32.7 Å². The van der Waals surface area contributed by atoms with Crippen molar-refractivity contribution in [1.29, 1.82) is 0 Å². The van der Waals surface area contributed by atoms with Crippen LogP contribution in [-0.2, 0) is 5.60 Å². The first kappa shape index (κ1) is 21.7. The third-order valence-electron chi connectivity index (χ3n) is 5.11. The maximum absolute atomic E-state index is 11.2. The second-order valence-electron chi connectivity index (χ2n) is 7.52. The van der Waals surface area contributed by atoms with E-state index in [4.69, 9.17) is 16.3 Å². The van der Waals surface area contributed by atoms with Gasteiger partial charge in [0.05, 0.1) is 0 Å². The summed E-state index contributed by atoms with van der Waals surface area (Å²) < 4.78 is 5.92. The Morgan fingerprint density at radius 3 is 1.85 bits per heavy atom. The fourth-order valence-electron chi connectivity index (χ4n) is 3.51. The van der Waals surface area contributed by atoms with Crippen LogP contribution in [0.25, 0.3) is 0 Å². The molecular formula is C23H32ClNO2. The quantitative estimate of drug-likeness (QED) is 0.616. The molecule has 0 aliphatic rings. The van der Waals surface area contributed by atoms with Crippen molar-refractivity contribution >= 4 is 11.6 Å². The SMILES string of the molecule is CCC(O)(c1ccc(Cl)cc1)c1ccc(OCCN(C(C)C)C(C)C)cc1. The van der Waals surface area contributed by atoms with E-state index >= 15 is 0 Å². The number of nitrogens with zero attached hydrogens (tertiary/aromatic N) is 1. The molecule has 148 valence electrons. The summed E-state index contributed by atoms with van der Waals surface area (Å²) in [6.45, 7) is 12.3. The Bertz CT molecular complexity index is 689. The third-order valence-corrected chi connectivity index (χ3v) is 5.36. The summed E-state index contributed by atoms with van der Waals surface area (Å²) in [7, 11) is 0. The largest absolute Gasteiger partial charge is 0.492 e. The first-order valence-corrected chi connectivity index (χ1v) is 10.1. The zero-order chi connectivity index (χ0) is 20.0. The lowest BCUT2D eigenvalue weighted by atomic mass is 9.84. The van der Waals surface area contributed by atoms with Crippen molar-refractivity contribution in [3.63, 3.8) is 0 Å². The minimum atomic E-state index is -1.03. The van der Waals surface area contributed by atoms with Gasteiger partial charge in [0.2, 0.25) is 0 Å². The van der Waals surface area contributed by atoms with Crippen LogP contribution in [0.15, 0.2) is 48.5 Å². The lowest BCUT2D eigenvalue weighted by molar-refractivity contribution is 0.0764. The van der Waals surface area contributed by atoms with Crippen molar-refractivity contribution in [3.05, 3.63) is 64.7 Å². The third kappa shape index (κ3) is 5.47. The van der Waals surface area contributed by atoms with Crippen LogP contribution in [0.3, 0.4) is 0 Å². The lowest BCUT2D eigenvalue weighted by Crippen LogP contribution is -2.39. The van der Waals surface area contributed by atoms with Crippen LogP contribution in [-0.4, -0.2) is 35.2 Å². The summed E-state index contributed by atoms with van der Waals surface area (Å²) in [6.07, 6.45) is 0.576. The molecule has 3 nitrogen and oxygen atoms in total. The summed E-state index contributed by atoms with van der Waals surface area (Å²) in [5.41, 5.74) is 0.660. The predicted molar refractivity (Wildman–Crippen MR) is 114 cm³/mol. The van der Waals surface area contributed by atoms with Gasteiger partial charge in [0.25, 0.3) is 0 Å². The molecule has 2 aromatic rings. The Balaban J connectivity index is 2.06. The zero-order valence-corrected chi connectivity index (χ0v) is 17.8. The molecule has 0 spiro atoms. The molecule has 0 amide bonds. The van der Waals surface area contributed by atoms with Crippen LogP contribution in [0.1, 0.15) is 52.2 Å². The van der Waals surface area contributed by atoms with E-state index in [0.717, 1.165) is 23.4 Å². The summed E-state index contributed by atoms with van der Waals surface area (Å²) in [6, 6.07) is 16.1.